The number of alkyl carbamates (subject to hydrolysis) is 1. The van der Waals surface area contributed by atoms with E-state index >= 15 is 0 Å². The van der Waals surface area contributed by atoms with Gasteiger partial charge in [0.1, 0.15) is 12.3 Å². The molecule has 2 heterocycles. The van der Waals surface area contributed by atoms with Gasteiger partial charge in [0.15, 0.2) is 9.84 Å². The number of ether oxygens (including phenoxy) is 1. The van der Waals surface area contributed by atoms with Crippen LogP contribution >= 0.6 is 0 Å². The number of pyridine rings is 1. The van der Waals surface area contributed by atoms with Crippen molar-refractivity contribution in [2.45, 2.75) is 24.8 Å². The van der Waals surface area contributed by atoms with Gasteiger partial charge >= 0.3 is 6.09 Å². The van der Waals surface area contributed by atoms with E-state index in [1.54, 1.807) is 24.3 Å². The first-order valence-electron chi connectivity index (χ1n) is 11.9. The number of hydrogen-bond donors (Lipinski definition) is 1. The highest BCUT2D eigenvalue weighted by Crippen LogP contribution is 2.26. The Bertz CT molecular complexity index is 1620. The van der Waals surface area contributed by atoms with E-state index in [0.29, 0.717) is 10.8 Å². The highest BCUT2D eigenvalue weighted by molar-refractivity contribution is 7.90. The maximum absolute atomic E-state index is 12.1. The van der Waals surface area contributed by atoms with Gasteiger partial charge in [0, 0.05) is 23.7 Å². The normalized spacial score (nSPS) is 15.4. The van der Waals surface area contributed by atoms with Gasteiger partial charge in [-0.15, -0.1) is 0 Å². The fourth-order valence-electron chi connectivity index (χ4n) is 4.29. The van der Waals surface area contributed by atoms with Crippen LogP contribution in [0.3, 0.4) is 0 Å². The summed E-state index contributed by atoms with van der Waals surface area (Å²) in [5, 5.41) is 2.81. The van der Waals surface area contributed by atoms with Gasteiger partial charge in [-0.2, -0.15) is 0 Å². The number of imidazole rings is 1. The maximum Gasteiger partial charge on any atom is 0.411 e. The summed E-state index contributed by atoms with van der Waals surface area (Å²) in [5.41, 5.74) is 6.31. The zero-order chi connectivity index (χ0) is 26.0. The molecule has 1 unspecified atom stereocenters. The number of aromatic nitrogens is 2. The van der Waals surface area contributed by atoms with Crippen LogP contribution in [-0.2, 0) is 21.2 Å². The van der Waals surface area contributed by atoms with Gasteiger partial charge in [-0.3, -0.25) is 9.72 Å². The van der Waals surface area contributed by atoms with Crippen molar-refractivity contribution in [2.75, 3.05) is 6.26 Å². The second kappa shape index (κ2) is 10.1. The van der Waals surface area contributed by atoms with Crippen molar-refractivity contribution in [3.63, 3.8) is 0 Å². The van der Waals surface area contributed by atoms with Crippen LogP contribution < -0.4 is 5.32 Å². The molecule has 1 aliphatic rings. The van der Waals surface area contributed by atoms with E-state index in [1.807, 2.05) is 65.3 Å². The highest BCUT2D eigenvalue weighted by atomic mass is 32.2. The topological polar surface area (TPSA) is 89.8 Å². The lowest BCUT2D eigenvalue weighted by atomic mass is 10.0. The van der Waals surface area contributed by atoms with E-state index in [0.717, 1.165) is 45.7 Å². The van der Waals surface area contributed by atoms with Crippen LogP contribution in [0.15, 0.2) is 102 Å². The summed E-state index contributed by atoms with van der Waals surface area (Å²) in [5.74, 6) is 0.396. The number of rotatable bonds is 6. The van der Waals surface area contributed by atoms with E-state index in [2.05, 4.69) is 23.3 Å². The zero-order valence-electron chi connectivity index (χ0n) is 20.6. The standard InChI is InChI=1S/C29H27N3O4S/c1-20-4-3-5-25(16-20)31-29(33)36-19-21-6-8-23(9-7-21)27-18-30-28-17-24(14-15-32(27)28)22-10-12-26(13-11-22)37(2,34)35/h3-15,17-18,20H,16,19H2,1-2H3,(H,31,33). The number of nitrogens with zero attached hydrogens (tertiary/aromatic N) is 2. The SMILES string of the molecule is CC1C=CC=C(NC(=O)OCc2ccc(-c3cnc4cc(-c5ccc(S(C)(=O)=O)cc5)ccn34)cc2)C1. The van der Waals surface area contributed by atoms with Crippen LogP contribution in [0.25, 0.3) is 28.0 Å². The lowest BCUT2D eigenvalue weighted by molar-refractivity contribution is 0.142. The molecule has 0 fully saturated rings. The van der Waals surface area contributed by atoms with Crippen molar-refractivity contribution in [1.82, 2.24) is 14.7 Å². The Balaban J connectivity index is 1.26. The largest absolute Gasteiger partial charge is 0.444 e. The van der Waals surface area contributed by atoms with Crippen molar-refractivity contribution in [3.8, 4) is 22.4 Å². The number of carbonyl (C=O) groups excluding carboxylic acids is 1. The second-order valence-electron chi connectivity index (χ2n) is 9.24. The van der Waals surface area contributed by atoms with Gasteiger partial charge in [-0.05, 0) is 59.4 Å². The van der Waals surface area contributed by atoms with Crippen LogP contribution in [0.4, 0.5) is 4.79 Å². The first kappa shape index (κ1) is 24.5. The van der Waals surface area contributed by atoms with E-state index in [4.69, 9.17) is 4.74 Å². The lowest BCUT2D eigenvalue weighted by Crippen LogP contribution is -2.25. The molecule has 2 aromatic heterocycles. The molecule has 0 aliphatic heterocycles. The van der Waals surface area contributed by atoms with Crippen LogP contribution in [0.2, 0.25) is 0 Å². The third kappa shape index (κ3) is 5.65. The molecule has 8 heteroatoms. The first-order chi connectivity index (χ1) is 17.8. The quantitative estimate of drug-likeness (QED) is 0.353. The Morgan fingerprint density at radius 2 is 1.78 bits per heavy atom. The monoisotopic (exact) mass is 513 g/mol. The summed E-state index contributed by atoms with van der Waals surface area (Å²) in [4.78, 5) is 17.0. The highest BCUT2D eigenvalue weighted by Gasteiger charge is 2.12. The van der Waals surface area contributed by atoms with Gasteiger partial charge in [-0.25, -0.2) is 18.2 Å². The molecule has 4 aromatic rings. The number of nitrogens with one attached hydrogen (secondary N) is 1. The summed E-state index contributed by atoms with van der Waals surface area (Å²) >= 11 is 0. The van der Waals surface area contributed by atoms with Crippen LogP contribution in [0.5, 0.6) is 0 Å². The molecule has 0 bridgehead atoms. The minimum atomic E-state index is -3.23. The predicted molar refractivity (Wildman–Crippen MR) is 143 cm³/mol. The molecule has 0 saturated heterocycles. The molecule has 7 nitrogen and oxygen atoms in total. The number of hydrogen-bond acceptors (Lipinski definition) is 5. The Labute approximate surface area is 216 Å². The minimum Gasteiger partial charge on any atom is -0.444 e. The third-order valence-corrected chi connectivity index (χ3v) is 7.42. The van der Waals surface area contributed by atoms with Crippen molar-refractivity contribution >= 4 is 21.6 Å². The van der Waals surface area contributed by atoms with Crippen molar-refractivity contribution < 1.29 is 17.9 Å². The zero-order valence-corrected chi connectivity index (χ0v) is 21.4. The van der Waals surface area contributed by atoms with Gasteiger partial charge in [-0.1, -0.05) is 55.5 Å². The molecule has 37 heavy (non-hydrogen) atoms. The Morgan fingerprint density at radius 1 is 1.05 bits per heavy atom. The maximum atomic E-state index is 12.1. The fourth-order valence-corrected chi connectivity index (χ4v) is 4.92. The number of benzene rings is 2. The smallest absolute Gasteiger partial charge is 0.411 e. The van der Waals surface area contributed by atoms with Gasteiger partial charge in [0.05, 0.1) is 16.8 Å². The van der Waals surface area contributed by atoms with Gasteiger partial charge < -0.3 is 4.74 Å². The van der Waals surface area contributed by atoms with Crippen LogP contribution in [-0.4, -0.2) is 30.2 Å². The molecular formula is C29H27N3O4S. The average molecular weight is 514 g/mol. The first-order valence-corrected chi connectivity index (χ1v) is 13.8. The van der Waals surface area contributed by atoms with E-state index < -0.39 is 15.9 Å². The summed E-state index contributed by atoms with van der Waals surface area (Å²) in [6.45, 7) is 2.28. The van der Waals surface area contributed by atoms with Crippen molar-refractivity contribution in [2.24, 2.45) is 5.92 Å². The van der Waals surface area contributed by atoms with Gasteiger partial charge in [0.2, 0.25) is 0 Å². The summed E-state index contributed by atoms with van der Waals surface area (Å²) < 4.78 is 30.8. The number of allylic oxidation sites excluding steroid dienone is 4. The molecular weight excluding hydrogens is 486 g/mol. The second-order valence-corrected chi connectivity index (χ2v) is 11.3. The Hall–Kier alpha value is -4.17. The molecule has 1 amide bonds. The van der Waals surface area contributed by atoms with Crippen LogP contribution in [0, 0.1) is 5.92 Å². The Kier molecular flexibility index (Phi) is 6.67. The van der Waals surface area contributed by atoms with Crippen LogP contribution in [0.1, 0.15) is 18.9 Å². The van der Waals surface area contributed by atoms with Gasteiger partial charge in [0.25, 0.3) is 0 Å². The molecule has 1 atom stereocenters. The summed E-state index contributed by atoms with van der Waals surface area (Å²) in [6.07, 6.45) is 11.2. The van der Waals surface area contributed by atoms with Crippen molar-refractivity contribution in [1.29, 1.82) is 0 Å². The molecule has 1 aliphatic carbocycles. The molecule has 2 aromatic carbocycles. The molecule has 1 N–H and O–H groups in total. The summed E-state index contributed by atoms with van der Waals surface area (Å²) in [6, 6.07) is 18.6. The van der Waals surface area contributed by atoms with E-state index in [-0.39, 0.29) is 6.61 Å². The molecule has 0 saturated carbocycles. The molecule has 188 valence electrons. The number of carbonyl (C=O) groups is 1. The Morgan fingerprint density at radius 3 is 2.49 bits per heavy atom. The number of fused-ring (bicyclic) bond motifs is 1. The number of amides is 1. The predicted octanol–water partition coefficient (Wildman–Crippen LogP) is 5.78. The third-order valence-electron chi connectivity index (χ3n) is 6.29. The fraction of sp³-hybridized carbons (Fsp3) is 0.172. The molecule has 5 rings (SSSR count). The van der Waals surface area contributed by atoms with E-state index in [9.17, 15) is 13.2 Å². The summed E-state index contributed by atoms with van der Waals surface area (Å²) in [7, 11) is -3.23. The lowest BCUT2D eigenvalue weighted by Gasteiger charge is -2.15. The number of sulfone groups is 1. The minimum absolute atomic E-state index is 0.180. The van der Waals surface area contributed by atoms with E-state index in [1.165, 1.54) is 6.26 Å². The van der Waals surface area contributed by atoms with Crippen molar-refractivity contribution in [3.05, 3.63) is 103 Å². The molecule has 0 radical (unpaired) electrons. The molecule has 0 spiro atoms. The average Bonchev–Trinajstić information content (AvgIpc) is 3.31.